The summed E-state index contributed by atoms with van der Waals surface area (Å²) in [5, 5.41) is 50.1. The molecule has 0 aliphatic rings. The van der Waals surface area contributed by atoms with Crippen LogP contribution in [0.2, 0.25) is 0 Å². The van der Waals surface area contributed by atoms with Crippen LogP contribution in [-0.2, 0) is 6.42 Å². The van der Waals surface area contributed by atoms with Crippen molar-refractivity contribution in [1.29, 1.82) is 0 Å². The summed E-state index contributed by atoms with van der Waals surface area (Å²) < 4.78 is 5.12. The van der Waals surface area contributed by atoms with Crippen LogP contribution in [0, 0.1) is 20.2 Å². The number of nitrogen functional groups attached to an aromatic ring is 1. The molecule has 0 aromatic heterocycles. The summed E-state index contributed by atoms with van der Waals surface area (Å²) in [6, 6.07) is 8.60. The zero-order chi connectivity index (χ0) is 22.7. The van der Waals surface area contributed by atoms with E-state index in [2.05, 4.69) is 5.32 Å². The maximum Gasteiger partial charge on any atom is 0.292 e. The Bertz CT molecular complexity index is 862. The van der Waals surface area contributed by atoms with E-state index < -0.39 is 16.0 Å². The molecule has 30 heavy (non-hydrogen) atoms. The quantitative estimate of drug-likeness (QED) is 0.221. The van der Waals surface area contributed by atoms with Gasteiger partial charge >= 0.3 is 0 Å². The molecule has 1 atom stereocenters. The summed E-state index contributed by atoms with van der Waals surface area (Å²) in [7, 11) is 1.60. The summed E-state index contributed by atoms with van der Waals surface area (Å²) in [6.07, 6.45) is -0.649. The fourth-order valence-corrected chi connectivity index (χ4v) is 2.36. The second-order valence-electron chi connectivity index (χ2n) is 5.95. The normalized spacial score (nSPS) is 11.1. The third-order valence-corrected chi connectivity index (χ3v) is 3.76. The van der Waals surface area contributed by atoms with Gasteiger partial charge in [0.1, 0.15) is 23.7 Å². The predicted octanol–water partition coefficient (Wildman–Crippen LogP) is 1.08. The smallest absolute Gasteiger partial charge is 0.292 e. The summed E-state index contributed by atoms with van der Waals surface area (Å²) in [5.41, 5.74) is 6.39. The molecule has 6 N–H and O–H groups in total. The largest absolute Gasteiger partial charge is 0.491 e. The third kappa shape index (κ3) is 7.50. The molecule has 0 amide bonds. The number of nitrogens with zero attached hydrogens (tertiary/aromatic N) is 2. The van der Waals surface area contributed by atoms with Crippen molar-refractivity contribution in [2.24, 2.45) is 0 Å². The van der Waals surface area contributed by atoms with Crippen LogP contribution in [0.5, 0.6) is 5.75 Å². The second-order valence-corrected chi connectivity index (χ2v) is 5.95. The second kappa shape index (κ2) is 12.2. The first-order valence-corrected chi connectivity index (χ1v) is 8.75. The molecule has 2 aromatic rings. The zero-order valence-electron chi connectivity index (χ0n) is 16.2. The highest BCUT2D eigenvalue weighted by atomic mass is 16.6. The maximum atomic E-state index is 10.6. The van der Waals surface area contributed by atoms with E-state index in [9.17, 15) is 20.2 Å². The van der Waals surface area contributed by atoms with Gasteiger partial charge in [0.2, 0.25) is 0 Å². The summed E-state index contributed by atoms with van der Waals surface area (Å²) in [4.78, 5) is 20.0. The molecule has 12 heteroatoms. The molecule has 164 valence electrons. The van der Waals surface area contributed by atoms with Crippen molar-refractivity contribution in [3.05, 3.63) is 62.2 Å². The highest BCUT2D eigenvalue weighted by Gasteiger charge is 2.13. The number of ether oxygens (including phenoxy) is 1. The van der Waals surface area contributed by atoms with Crippen molar-refractivity contribution >= 4 is 22.7 Å². The Kier molecular flexibility index (Phi) is 9.96. The standard InChI is InChI=1S/2C9H12N2O4/c1-10-8-6-7(15-5-4-12)2-3-9(8)11(13)14;10-8-4-6(3-7(13)5-12)1-2-9(8)11(14)15/h2-3,6,10,12H,4-5H2,1H3;1-2,4,7,12-13H,3,5,10H2. The molecule has 2 rings (SSSR count). The lowest BCUT2D eigenvalue weighted by molar-refractivity contribution is -0.384. The van der Waals surface area contributed by atoms with Gasteiger partial charge in [-0.1, -0.05) is 6.07 Å². The number of nitro benzene ring substituents is 2. The van der Waals surface area contributed by atoms with E-state index >= 15 is 0 Å². The number of hydrogen-bond acceptors (Lipinski definition) is 10. The Balaban J connectivity index is 0.000000300. The lowest BCUT2D eigenvalue weighted by atomic mass is 10.1. The number of aliphatic hydroxyl groups is 3. The first kappa shape index (κ1) is 24.6. The number of rotatable bonds is 9. The molecule has 2 aromatic carbocycles. The molecule has 0 saturated heterocycles. The fraction of sp³-hybridized carbons (Fsp3) is 0.333. The molecule has 0 aliphatic heterocycles. The Morgan fingerprint density at radius 3 is 2.23 bits per heavy atom. The zero-order valence-corrected chi connectivity index (χ0v) is 16.2. The van der Waals surface area contributed by atoms with Gasteiger partial charge in [-0.05, 0) is 17.7 Å². The maximum absolute atomic E-state index is 10.6. The minimum atomic E-state index is -0.870. The minimum absolute atomic E-state index is 0.00570. The van der Waals surface area contributed by atoms with Crippen LogP contribution < -0.4 is 15.8 Å². The number of aliphatic hydroxyl groups excluding tert-OH is 3. The van der Waals surface area contributed by atoms with Crippen molar-refractivity contribution in [1.82, 2.24) is 0 Å². The molecule has 0 aliphatic carbocycles. The van der Waals surface area contributed by atoms with Crippen LogP contribution in [-0.4, -0.2) is 58.1 Å². The molecular weight excluding hydrogens is 400 g/mol. The van der Waals surface area contributed by atoms with Gasteiger partial charge in [0.25, 0.3) is 11.4 Å². The minimum Gasteiger partial charge on any atom is -0.491 e. The van der Waals surface area contributed by atoms with Crippen molar-refractivity contribution in [2.45, 2.75) is 12.5 Å². The molecule has 0 heterocycles. The van der Waals surface area contributed by atoms with Crippen LogP contribution in [0.1, 0.15) is 5.56 Å². The van der Waals surface area contributed by atoms with Crippen LogP contribution >= 0.6 is 0 Å². The van der Waals surface area contributed by atoms with E-state index in [-0.39, 0.29) is 43.3 Å². The third-order valence-electron chi connectivity index (χ3n) is 3.76. The summed E-state index contributed by atoms with van der Waals surface area (Å²) >= 11 is 0. The van der Waals surface area contributed by atoms with Crippen molar-refractivity contribution in [3.63, 3.8) is 0 Å². The van der Waals surface area contributed by atoms with Crippen molar-refractivity contribution in [3.8, 4) is 5.75 Å². The Morgan fingerprint density at radius 2 is 1.73 bits per heavy atom. The number of hydrogen-bond donors (Lipinski definition) is 5. The van der Waals surface area contributed by atoms with E-state index in [1.807, 2.05) is 0 Å². The predicted molar refractivity (Wildman–Crippen MR) is 110 cm³/mol. The van der Waals surface area contributed by atoms with Crippen LogP contribution in [0.15, 0.2) is 36.4 Å². The molecule has 1 unspecified atom stereocenters. The molecule has 12 nitrogen and oxygen atoms in total. The number of benzene rings is 2. The van der Waals surface area contributed by atoms with E-state index in [4.69, 9.17) is 25.8 Å². The van der Waals surface area contributed by atoms with E-state index in [1.165, 1.54) is 36.4 Å². The Morgan fingerprint density at radius 1 is 1.10 bits per heavy atom. The summed E-state index contributed by atoms with van der Waals surface area (Å²) in [5.74, 6) is 0.485. The van der Waals surface area contributed by atoms with Crippen molar-refractivity contribution < 1.29 is 29.9 Å². The highest BCUT2D eigenvalue weighted by Crippen LogP contribution is 2.28. The topological polar surface area (TPSA) is 194 Å². The number of anilines is 2. The van der Waals surface area contributed by atoms with Gasteiger partial charge in [-0.15, -0.1) is 0 Å². The van der Waals surface area contributed by atoms with Crippen LogP contribution in [0.3, 0.4) is 0 Å². The first-order valence-electron chi connectivity index (χ1n) is 8.75. The molecule has 0 bridgehead atoms. The molecular formula is C18H24N4O8. The fourth-order valence-electron chi connectivity index (χ4n) is 2.36. The molecule has 0 saturated carbocycles. The summed E-state index contributed by atoms with van der Waals surface area (Å²) in [6.45, 7) is -0.274. The SMILES string of the molecule is CNc1cc(OCCO)ccc1[N+](=O)[O-].Nc1cc(CC(O)CO)ccc1[N+](=O)[O-]. The van der Waals surface area contributed by atoms with Gasteiger partial charge in [-0.3, -0.25) is 20.2 Å². The van der Waals surface area contributed by atoms with E-state index in [0.717, 1.165) is 0 Å². The lowest BCUT2D eigenvalue weighted by Crippen LogP contribution is -2.15. The Hall–Kier alpha value is -3.48. The monoisotopic (exact) mass is 424 g/mol. The average Bonchev–Trinajstić information content (AvgIpc) is 2.72. The number of nitro groups is 2. The highest BCUT2D eigenvalue weighted by molar-refractivity contribution is 5.63. The lowest BCUT2D eigenvalue weighted by Gasteiger charge is -2.07. The Labute approximate surface area is 171 Å². The number of nitrogens with one attached hydrogen (secondary N) is 1. The molecule has 0 fully saturated rings. The molecule has 0 radical (unpaired) electrons. The number of nitrogens with two attached hydrogens (primary N) is 1. The van der Waals surface area contributed by atoms with Crippen LogP contribution in [0.4, 0.5) is 22.7 Å². The van der Waals surface area contributed by atoms with Crippen molar-refractivity contribution in [2.75, 3.05) is 37.9 Å². The van der Waals surface area contributed by atoms with Gasteiger partial charge < -0.3 is 31.1 Å². The van der Waals surface area contributed by atoms with Crippen LogP contribution in [0.25, 0.3) is 0 Å². The first-order chi connectivity index (χ1) is 14.2. The van der Waals surface area contributed by atoms with Gasteiger partial charge in [0, 0.05) is 31.7 Å². The van der Waals surface area contributed by atoms with Gasteiger partial charge in [0.05, 0.1) is 29.2 Å². The van der Waals surface area contributed by atoms with E-state index in [1.54, 1.807) is 7.05 Å². The van der Waals surface area contributed by atoms with Gasteiger partial charge in [-0.25, -0.2) is 0 Å². The molecule has 0 spiro atoms. The van der Waals surface area contributed by atoms with Gasteiger partial charge in [-0.2, -0.15) is 0 Å². The average molecular weight is 424 g/mol. The van der Waals surface area contributed by atoms with E-state index in [0.29, 0.717) is 17.0 Å². The van der Waals surface area contributed by atoms with Gasteiger partial charge in [0.15, 0.2) is 0 Å².